The number of benzene rings is 2. The number of phenols is 2. The number of rotatable bonds is 8. The lowest BCUT2D eigenvalue weighted by Gasteiger charge is -2.27. The van der Waals surface area contributed by atoms with Gasteiger partial charge < -0.3 is 29.9 Å². The Morgan fingerprint density at radius 3 is 1.34 bits per heavy atom. The van der Waals surface area contributed by atoms with E-state index in [1.165, 1.54) is 36.4 Å². The summed E-state index contributed by atoms with van der Waals surface area (Å²) in [6.07, 6.45) is -1.06. The van der Waals surface area contributed by atoms with Gasteiger partial charge in [0.05, 0.1) is 48.3 Å². The number of halogens is 2. The lowest BCUT2D eigenvalue weighted by molar-refractivity contribution is -0.142. The highest BCUT2D eigenvalue weighted by atomic mass is 35.5. The van der Waals surface area contributed by atoms with Gasteiger partial charge in [-0.2, -0.15) is 0 Å². The number of Topliss-reactive ketones (excluding diaryl/α,β-unsaturated/α-hetero) is 2. The number of hydrogen-bond acceptors (Lipinski definition) is 10. The van der Waals surface area contributed by atoms with E-state index in [0.717, 1.165) is 14.2 Å². The summed E-state index contributed by atoms with van der Waals surface area (Å²) in [5.41, 5.74) is -0.893. The third kappa shape index (κ3) is 5.61. The summed E-state index contributed by atoms with van der Waals surface area (Å²) in [5, 5.41) is 41.2. The van der Waals surface area contributed by atoms with Crippen molar-refractivity contribution < 1.29 is 49.1 Å². The molecule has 200 valence electrons. The van der Waals surface area contributed by atoms with Crippen molar-refractivity contribution in [3.05, 3.63) is 80.2 Å². The van der Waals surface area contributed by atoms with Gasteiger partial charge in [0.1, 0.15) is 11.5 Å². The highest BCUT2D eigenvalue weighted by Crippen LogP contribution is 2.42. The van der Waals surface area contributed by atoms with E-state index in [4.69, 9.17) is 23.2 Å². The van der Waals surface area contributed by atoms with Crippen molar-refractivity contribution >= 4 is 46.7 Å². The van der Waals surface area contributed by atoms with Gasteiger partial charge in [-0.05, 0) is 35.4 Å². The van der Waals surface area contributed by atoms with Gasteiger partial charge in [-0.25, -0.2) is 0 Å². The molecule has 0 heterocycles. The summed E-state index contributed by atoms with van der Waals surface area (Å²) in [7, 11) is 2.20. The van der Waals surface area contributed by atoms with Crippen molar-refractivity contribution in [1.82, 2.24) is 0 Å². The maximum Gasteiger partial charge on any atom is 0.306 e. The van der Waals surface area contributed by atoms with Crippen LogP contribution in [0.3, 0.4) is 0 Å². The van der Waals surface area contributed by atoms with E-state index in [-0.39, 0.29) is 32.7 Å². The molecule has 1 aliphatic rings. The van der Waals surface area contributed by atoms with Gasteiger partial charge in [0.25, 0.3) is 0 Å². The molecule has 4 N–H and O–H groups in total. The summed E-state index contributed by atoms with van der Waals surface area (Å²) in [4.78, 5) is 51.2. The Morgan fingerprint density at radius 1 is 0.711 bits per heavy atom. The van der Waals surface area contributed by atoms with Gasteiger partial charge in [0.2, 0.25) is 11.6 Å². The molecule has 2 aromatic rings. The lowest BCUT2D eigenvalue weighted by Crippen LogP contribution is -2.31. The van der Waals surface area contributed by atoms with Gasteiger partial charge in [-0.1, -0.05) is 35.3 Å². The predicted octanol–water partition coefficient (Wildman–Crippen LogP) is 4.17. The third-order valence-electron chi connectivity index (χ3n) is 6.07. The molecule has 2 atom stereocenters. The van der Waals surface area contributed by atoms with Crippen molar-refractivity contribution in [2.75, 3.05) is 14.2 Å². The summed E-state index contributed by atoms with van der Waals surface area (Å²) < 4.78 is 9.37. The Kier molecular flexibility index (Phi) is 8.70. The maximum absolute atomic E-state index is 13.4. The number of aromatic hydroxyl groups is 2. The van der Waals surface area contributed by atoms with Crippen molar-refractivity contribution in [2.24, 2.45) is 0 Å². The second-order valence-electron chi connectivity index (χ2n) is 8.27. The second kappa shape index (κ2) is 11.6. The number of ketones is 2. The highest BCUT2D eigenvalue weighted by molar-refractivity contribution is 6.32. The Labute approximate surface area is 226 Å². The highest BCUT2D eigenvalue weighted by Gasteiger charge is 2.43. The lowest BCUT2D eigenvalue weighted by atomic mass is 9.76. The Bertz CT molecular complexity index is 1290. The standard InChI is InChI=1S/C26H22Cl2O10/c1-37-19(31)9-13(11-3-5-17(29)15(27)7-11)21-23(33)25(35)22(26(36)24(21)34)14(10-20(32)38-2)12-4-6-18(30)16(28)8-12/h3-8,13-14,29-30,33,36H,9-10H2,1-2H3/t13-,14+. The first-order valence-electron chi connectivity index (χ1n) is 11.0. The fraction of sp³-hybridized carbons (Fsp3) is 0.231. The fourth-order valence-corrected chi connectivity index (χ4v) is 4.49. The first-order valence-corrected chi connectivity index (χ1v) is 11.7. The van der Waals surface area contributed by atoms with Crippen LogP contribution in [-0.4, -0.2) is 58.2 Å². The molecular weight excluding hydrogens is 543 g/mol. The minimum atomic E-state index is -1.30. The van der Waals surface area contributed by atoms with Crippen molar-refractivity contribution in [2.45, 2.75) is 24.7 Å². The van der Waals surface area contributed by atoms with Crippen LogP contribution < -0.4 is 0 Å². The second-order valence-corrected chi connectivity index (χ2v) is 9.08. The van der Waals surface area contributed by atoms with Crippen LogP contribution >= 0.6 is 23.2 Å². The van der Waals surface area contributed by atoms with Crippen LogP contribution in [-0.2, 0) is 28.7 Å². The Hall–Kier alpha value is -4.02. The summed E-state index contributed by atoms with van der Waals surface area (Å²) in [6.45, 7) is 0. The zero-order valence-electron chi connectivity index (χ0n) is 20.0. The third-order valence-corrected chi connectivity index (χ3v) is 6.68. The molecule has 0 fully saturated rings. The number of phenolic OH excluding ortho intramolecular Hbond substituents is 2. The van der Waals surface area contributed by atoms with E-state index in [9.17, 15) is 39.6 Å². The number of methoxy groups -OCH3 is 2. The smallest absolute Gasteiger partial charge is 0.306 e. The quantitative estimate of drug-likeness (QED) is 0.269. The summed E-state index contributed by atoms with van der Waals surface area (Å²) in [5.74, 6) is -9.32. The molecule has 3 rings (SSSR count). The molecule has 0 radical (unpaired) electrons. The largest absolute Gasteiger partial charge is 0.506 e. The summed E-state index contributed by atoms with van der Waals surface area (Å²) in [6, 6.07) is 7.49. The SMILES string of the molecule is COC(=O)C[C@H](C1=C(O)C(=O)C([C@H](CC(=O)OC)c2ccc(O)c(Cl)c2)=C(O)C1=O)c1ccc(O)c(Cl)c1. The monoisotopic (exact) mass is 564 g/mol. The molecule has 12 heteroatoms. The van der Waals surface area contributed by atoms with Crippen molar-refractivity contribution in [3.8, 4) is 11.5 Å². The molecule has 0 saturated carbocycles. The molecule has 0 aromatic heterocycles. The number of aliphatic hydroxyl groups is 2. The Balaban J connectivity index is 2.18. The van der Waals surface area contributed by atoms with Gasteiger partial charge in [0.15, 0.2) is 11.5 Å². The zero-order chi connectivity index (χ0) is 28.3. The van der Waals surface area contributed by atoms with E-state index in [2.05, 4.69) is 9.47 Å². The first kappa shape index (κ1) is 28.5. The van der Waals surface area contributed by atoms with Gasteiger partial charge >= 0.3 is 11.9 Å². The van der Waals surface area contributed by atoms with Crippen LogP contribution in [0, 0.1) is 0 Å². The van der Waals surface area contributed by atoms with Crippen LogP contribution in [0.2, 0.25) is 10.0 Å². The minimum Gasteiger partial charge on any atom is -0.506 e. The number of ether oxygens (including phenoxy) is 2. The van der Waals surface area contributed by atoms with Crippen LogP contribution in [0.5, 0.6) is 11.5 Å². The van der Waals surface area contributed by atoms with Gasteiger partial charge in [0, 0.05) is 11.8 Å². The van der Waals surface area contributed by atoms with E-state index in [1.807, 2.05) is 0 Å². The molecule has 38 heavy (non-hydrogen) atoms. The van der Waals surface area contributed by atoms with E-state index in [1.54, 1.807) is 0 Å². The van der Waals surface area contributed by atoms with Crippen LogP contribution in [0.1, 0.15) is 35.8 Å². The van der Waals surface area contributed by atoms with Crippen molar-refractivity contribution in [1.29, 1.82) is 0 Å². The number of esters is 2. The normalized spacial score (nSPS) is 15.4. The topological polar surface area (TPSA) is 168 Å². The molecule has 10 nitrogen and oxygen atoms in total. The molecule has 0 unspecified atom stereocenters. The average Bonchev–Trinajstić information content (AvgIpc) is 2.89. The average molecular weight is 565 g/mol. The molecule has 0 aliphatic heterocycles. The number of carbonyl (C=O) groups excluding carboxylic acids is 4. The molecule has 1 aliphatic carbocycles. The number of hydrogen-bond donors (Lipinski definition) is 4. The molecule has 0 bridgehead atoms. The zero-order valence-corrected chi connectivity index (χ0v) is 21.5. The number of aliphatic hydroxyl groups excluding tert-OH is 2. The Morgan fingerprint density at radius 2 is 1.05 bits per heavy atom. The van der Waals surface area contributed by atoms with Crippen molar-refractivity contribution in [3.63, 3.8) is 0 Å². The van der Waals surface area contributed by atoms with Crippen LogP contribution in [0.4, 0.5) is 0 Å². The van der Waals surface area contributed by atoms with Crippen LogP contribution in [0.25, 0.3) is 0 Å². The number of allylic oxidation sites excluding steroid dienone is 2. The maximum atomic E-state index is 13.4. The minimum absolute atomic E-state index is 0.130. The molecule has 0 amide bonds. The molecule has 0 spiro atoms. The van der Waals surface area contributed by atoms with E-state index >= 15 is 0 Å². The first-order chi connectivity index (χ1) is 17.9. The molecular formula is C26H22Cl2O10. The summed E-state index contributed by atoms with van der Waals surface area (Å²) >= 11 is 12.0. The number of carbonyl (C=O) groups is 4. The molecule has 0 saturated heterocycles. The fourth-order valence-electron chi connectivity index (χ4n) is 4.11. The molecule has 2 aromatic carbocycles. The van der Waals surface area contributed by atoms with Crippen LogP contribution in [0.15, 0.2) is 59.1 Å². The van der Waals surface area contributed by atoms with E-state index < -0.39 is 70.8 Å². The predicted molar refractivity (Wildman–Crippen MR) is 134 cm³/mol. The van der Waals surface area contributed by atoms with E-state index in [0.29, 0.717) is 0 Å². The van der Waals surface area contributed by atoms with Gasteiger partial charge in [-0.15, -0.1) is 0 Å². The van der Waals surface area contributed by atoms with Gasteiger partial charge in [-0.3, -0.25) is 19.2 Å².